The number of carbonyl (C=O) groups is 4. The topological polar surface area (TPSA) is 142 Å². The second-order valence-electron chi connectivity index (χ2n) is 4.52. The Balaban J connectivity index is 2.33. The number of nitrogens with one attached hydrogen (secondary N) is 2. The smallest absolute Gasteiger partial charge is 0.322 e. The summed E-state index contributed by atoms with van der Waals surface area (Å²) in [6.45, 7) is -0.0870. The van der Waals surface area contributed by atoms with Gasteiger partial charge in [0.1, 0.15) is 6.54 Å². The molecule has 5 N–H and O–H groups in total. The molecule has 0 bridgehead atoms. The highest BCUT2D eigenvalue weighted by molar-refractivity contribution is 5.86. The van der Waals surface area contributed by atoms with E-state index in [0.717, 1.165) is 0 Å². The van der Waals surface area contributed by atoms with Crippen LogP contribution in [0.3, 0.4) is 0 Å². The number of amides is 4. The summed E-state index contributed by atoms with van der Waals surface area (Å²) in [6, 6.07) is -0.471. The van der Waals surface area contributed by atoms with Crippen LogP contribution in [-0.2, 0) is 14.4 Å². The van der Waals surface area contributed by atoms with Crippen LogP contribution in [0.25, 0.3) is 0 Å². The van der Waals surface area contributed by atoms with Crippen molar-refractivity contribution in [1.82, 2.24) is 15.5 Å². The molecule has 1 saturated heterocycles. The normalized spacial score (nSPS) is 18.2. The van der Waals surface area contributed by atoms with Crippen LogP contribution < -0.4 is 16.4 Å². The second kappa shape index (κ2) is 7.31. The Hall–Kier alpha value is -2.32. The number of carbonyl (C=O) groups excluding carboxylic acids is 3. The SMILES string of the molecule is NC(=O)C1CCCN(C(=O)NCC(=O)NCC(=O)O)C1. The van der Waals surface area contributed by atoms with E-state index in [9.17, 15) is 19.2 Å². The standard InChI is InChI=1S/C11H18N4O5/c12-10(19)7-2-1-3-15(6-7)11(20)14-4-8(16)13-5-9(17)18/h7H,1-6H2,(H2,12,19)(H,13,16)(H,14,20)(H,17,18). The molecule has 112 valence electrons. The number of rotatable bonds is 5. The van der Waals surface area contributed by atoms with Gasteiger partial charge in [-0.1, -0.05) is 0 Å². The third kappa shape index (κ3) is 5.12. The van der Waals surface area contributed by atoms with Gasteiger partial charge in [0.25, 0.3) is 0 Å². The van der Waals surface area contributed by atoms with Gasteiger partial charge in [0.15, 0.2) is 0 Å². The molecule has 1 atom stereocenters. The van der Waals surface area contributed by atoms with E-state index < -0.39 is 30.4 Å². The molecule has 1 unspecified atom stereocenters. The molecule has 1 fully saturated rings. The summed E-state index contributed by atoms with van der Waals surface area (Å²) >= 11 is 0. The van der Waals surface area contributed by atoms with Crippen molar-refractivity contribution in [3.8, 4) is 0 Å². The first-order valence-electron chi connectivity index (χ1n) is 6.20. The van der Waals surface area contributed by atoms with E-state index in [1.54, 1.807) is 0 Å². The molecule has 1 aliphatic heterocycles. The Morgan fingerprint density at radius 3 is 2.50 bits per heavy atom. The van der Waals surface area contributed by atoms with E-state index in [1.807, 2.05) is 0 Å². The summed E-state index contributed by atoms with van der Waals surface area (Å²) in [5, 5.41) is 12.9. The summed E-state index contributed by atoms with van der Waals surface area (Å²) in [5.74, 6) is -2.56. The number of hydrogen-bond donors (Lipinski definition) is 4. The van der Waals surface area contributed by atoms with Gasteiger partial charge in [-0.2, -0.15) is 0 Å². The van der Waals surface area contributed by atoms with Crippen molar-refractivity contribution in [2.24, 2.45) is 11.7 Å². The summed E-state index contributed by atoms with van der Waals surface area (Å²) in [5.41, 5.74) is 5.20. The predicted molar refractivity (Wildman–Crippen MR) is 67.5 cm³/mol. The van der Waals surface area contributed by atoms with Gasteiger partial charge < -0.3 is 26.4 Å². The van der Waals surface area contributed by atoms with Crippen molar-refractivity contribution in [3.63, 3.8) is 0 Å². The minimum Gasteiger partial charge on any atom is -0.480 e. The van der Waals surface area contributed by atoms with Gasteiger partial charge in [0.05, 0.1) is 12.5 Å². The van der Waals surface area contributed by atoms with Crippen LogP contribution in [0.4, 0.5) is 4.79 Å². The summed E-state index contributed by atoms with van der Waals surface area (Å²) < 4.78 is 0. The molecule has 0 spiro atoms. The third-order valence-electron chi connectivity index (χ3n) is 2.95. The monoisotopic (exact) mass is 286 g/mol. The molecule has 1 aliphatic rings. The summed E-state index contributed by atoms with van der Waals surface area (Å²) in [7, 11) is 0. The largest absolute Gasteiger partial charge is 0.480 e. The summed E-state index contributed by atoms with van der Waals surface area (Å²) in [6.07, 6.45) is 1.32. The van der Waals surface area contributed by atoms with E-state index in [2.05, 4.69) is 10.6 Å². The van der Waals surface area contributed by atoms with Crippen molar-refractivity contribution in [1.29, 1.82) is 0 Å². The molecule has 0 saturated carbocycles. The Labute approximate surface area is 115 Å². The number of urea groups is 1. The maximum Gasteiger partial charge on any atom is 0.322 e. The van der Waals surface area contributed by atoms with Crippen molar-refractivity contribution >= 4 is 23.8 Å². The van der Waals surface area contributed by atoms with Gasteiger partial charge in [0.2, 0.25) is 11.8 Å². The van der Waals surface area contributed by atoms with E-state index >= 15 is 0 Å². The number of aliphatic carboxylic acids is 1. The Morgan fingerprint density at radius 1 is 1.20 bits per heavy atom. The fourth-order valence-corrected chi connectivity index (χ4v) is 1.90. The van der Waals surface area contributed by atoms with E-state index in [-0.39, 0.29) is 19.0 Å². The molecular weight excluding hydrogens is 268 g/mol. The van der Waals surface area contributed by atoms with Gasteiger partial charge in [-0.05, 0) is 12.8 Å². The van der Waals surface area contributed by atoms with Gasteiger partial charge in [-0.15, -0.1) is 0 Å². The van der Waals surface area contributed by atoms with Crippen molar-refractivity contribution in [3.05, 3.63) is 0 Å². The minimum absolute atomic E-state index is 0.234. The number of nitrogens with two attached hydrogens (primary N) is 1. The lowest BCUT2D eigenvalue weighted by Crippen LogP contribution is -2.50. The maximum absolute atomic E-state index is 11.8. The first-order chi connectivity index (χ1) is 9.40. The van der Waals surface area contributed by atoms with Gasteiger partial charge in [-0.25, -0.2) is 4.79 Å². The lowest BCUT2D eigenvalue weighted by molar-refractivity contribution is -0.137. The van der Waals surface area contributed by atoms with Crippen molar-refractivity contribution in [2.75, 3.05) is 26.2 Å². The van der Waals surface area contributed by atoms with Crippen LogP contribution in [-0.4, -0.2) is 60.0 Å². The summed E-state index contributed by atoms with van der Waals surface area (Å²) in [4.78, 5) is 45.7. The lowest BCUT2D eigenvalue weighted by atomic mass is 9.98. The number of likely N-dealkylation sites (tertiary alicyclic amines) is 1. The third-order valence-corrected chi connectivity index (χ3v) is 2.95. The second-order valence-corrected chi connectivity index (χ2v) is 4.52. The zero-order valence-electron chi connectivity index (χ0n) is 10.9. The first-order valence-corrected chi connectivity index (χ1v) is 6.20. The zero-order chi connectivity index (χ0) is 15.1. The molecule has 1 heterocycles. The van der Waals surface area contributed by atoms with Gasteiger partial charge >= 0.3 is 12.0 Å². The predicted octanol–water partition coefficient (Wildman–Crippen LogP) is -1.91. The highest BCUT2D eigenvalue weighted by Crippen LogP contribution is 2.15. The number of nitrogens with zero attached hydrogens (tertiary/aromatic N) is 1. The fourth-order valence-electron chi connectivity index (χ4n) is 1.90. The number of primary amides is 1. The van der Waals surface area contributed by atoms with Crippen LogP contribution in [0.2, 0.25) is 0 Å². The molecule has 20 heavy (non-hydrogen) atoms. The van der Waals surface area contributed by atoms with E-state index in [4.69, 9.17) is 10.8 Å². The Kier molecular flexibility index (Phi) is 5.75. The highest BCUT2D eigenvalue weighted by Gasteiger charge is 2.26. The zero-order valence-corrected chi connectivity index (χ0v) is 10.9. The molecule has 0 aliphatic carbocycles. The Bertz CT molecular complexity index is 412. The average Bonchev–Trinajstić information content (AvgIpc) is 2.42. The lowest BCUT2D eigenvalue weighted by Gasteiger charge is -2.31. The van der Waals surface area contributed by atoms with Crippen LogP contribution in [0.1, 0.15) is 12.8 Å². The van der Waals surface area contributed by atoms with Crippen LogP contribution in [0.5, 0.6) is 0 Å². The quantitative estimate of drug-likeness (QED) is 0.466. The fraction of sp³-hybridized carbons (Fsp3) is 0.636. The maximum atomic E-state index is 11.8. The van der Waals surface area contributed by atoms with Crippen LogP contribution in [0.15, 0.2) is 0 Å². The van der Waals surface area contributed by atoms with Crippen molar-refractivity contribution < 1.29 is 24.3 Å². The van der Waals surface area contributed by atoms with Crippen LogP contribution >= 0.6 is 0 Å². The van der Waals surface area contributed by atoms with Gasteiger partial charge in [-0.3, -0.25) is 14.4 Å². The minimum atomic E-state index is -1.16. The number of carboxylic acids is 1. The number of hydrogen-bond acceptors (Lipinski definition) is 4. The molecule has 0 aromatic heterocycles. The first kappa shape index (κ1) is 15.7. The van der Waals surface area contributed by atoms with E-state index in [0.29, 0.717) is 19.4 Å². The number of piperidine rings is 1. The number of carboxylic acid groups (broad SMARTS) is 1. The van der Waals surface area contributed by atoms with Crippen LogP contribution in [0, 0.1) is 5.92 Å². The molecule has 0 radical (unpaired) electrons. The van der Waals surface area contributed by atoms with E-state index in [1.165, 1.54) is 4.90 Å². The molecule has 0 aromatic carbocycles. The average molecular weight is 286 g/mol. The van der Waals surface area contributed by atoms with Gasteiger partial charge in [0, 0.05) is 13.1 Å². The molecule has 1 rings (SSSR count). The highest BCUT2D eigenvalue weighted by atomic mass is 16.4. The molecular formula is C11H18N4O5. The molecule has 0 aromatic rings. The Morgan fingerprint density at radius 2 is 1.90 bits per heavy atom. The van der Waals surface area contributed by atoms with Crippen molar-refractivity contribution in [2.45, 2.75) is 12.8 Å². The molecule has 4 amide bonds. The molecule has 9 nitrogen and oxygen atoms in total. The molecule has 9 heteroatoms.